The molecule has 1 fully saturated rings. The lowest BCUT2D eigenvalue weighted by Crippen LogP contribution is -2.31. The normalized spacial score (nSPS) is 18.2. The van der Waals surface area contributed by atoms with E-state index in [4.69, 9.17) is 17.4 Å². The van der Waals surface area contributed by atoms with Crippen LogP contribution in [0.15, 0.2) is 18.2 Å². The van der Waals surface area contributed by atoms with Gasteiger partial charge in [-0.1, -0.05) is 43.0 Å². The molecule has 0 spiro atoms. The number of nitrogens with two attached hydrogens (primary N) is 1. The highest BCUT2D eigenvalue weighted by Crippen LogP contribution is 2.35. The van der Waals surface area contributed by atoms with Crippen LogP contribution in [0.5, 0.6) is 0 Å². The van der Waals surface area contributed by atoms with Gasteiger partial charge in [-0.15, -0.1) is 0 Å². The predicted molar refractivity (Wildman–Crippen MR) is 68.2 cm³/mol. The van der Waals surface area contributed by atoms with Gasteiger partial charge in [0.1, 0.15) is 0 Å². The molecule has 3 N–H and O–H groups in total. The Bertz CT molecular complexity index is 361. The maximum atomic E-state index is 6.13. The van der Waals surface area contributed by atoms with Gasteiger partial charge in [0.15, 0.2) is 0 Å². The molecular formula is C13H19ClN2. The summed E-state index contributed by atoms with van der Waals surface area (Å²) in [5.41, 5.74) is 5.22. The smallest absolute Gasteiger partial charge is 0.0463 e. The van der Waals surface area contributed by atoms with Gasteiger partial charge >= 0.3 is 0 Å². The third-order valence-electron chi connectivity index (χ3n) is 3.59. The largest absolute Gasteiger partial charge is 0.271 e. The van der Waals surface area contributed by atoms with Crippen LogP contribution < -0.4 is 11.3 Å². The Hall–Kier alpha value is -0.570. The lowest BCUT2D eigenvalue weighted by Gasteiger charge is -2.29. The summed E-state index contributed by atoms with van der Waals surface area (Å²) in [5.74, 6) is 6.46. The first kappa shape index (κ1) is 11.9. The first-order valence-electron chi connectivity index (χ1n) is 5.93. The summed E-state index contributed by atoms with van der Waals surface area (Å²) >= 11 is 6.13. The second kappa shape index (κ2) is 5.17. The highest BCUT2D eigenvalue weighted by atomic mass is 35.5. The van der Waals surface area contributed by atoms with Crippen molar-refractivity contribution in [2.75, 3.05) is 0 Å². The molecule has 0 amide bonds. The Morgan fingerprint density at radius 2 is 2.25 bits per heavy atom. The molecule has 3 heteroatoms. The van der Waals surface area contributed by atoms with E-state index in [9.17, 15) is 0 Å². The van der Waals surface area contributed by atoms with E-state index < -0.39 is 0 Å². The zero-order valence-corrected chi connectivity index (χ0v) is 10.4. The standard InChI is InChI=1S/C13H19ClN2/c1-9-5-6-11(8-12(9)14)13(16-15)7-10-3-2-4-10/h5-6,8,10,13,16H,2-4,7,15H2,1H3. The number of aryl methyl sites for hydroxylation is 1. The highest BCUT2D eigenvalue weighted by molar-refractivity contribution is 6.31. The molecule has 0 heterocycles. The fraction of sp³-hybridized carbons (Fsp3) is 0.538. The van der Waals surface area contributed by atoms with Crippen molar-refractivity contribution >= 4 is 11.6 Å². The molecule has 0 aromatic heterocycles. The Balaban J connectivity index is 2.09. The molecule has 1 saturated carbocycles. The molecule has 2 rings (SSSR count). The van der Waals surface area contributed by atoms with E-state index in [1.807, 2.05) is 13.0 Å². The lowest BCUT2D eigenvalue weighted by atomic mass is 9.80. The topological polar surface area (TPSA) is 38.0 Å². The molecule has 1 aliphatic rings. The van der Waals surface area contributed by atoms with Gasteiger partial charge in [-0.25, -0.2) is 0 Å². The summed E-state index contributed by atoms with van der Waals surface area (Å²) in [6.07, 6.45) is 5.18. The number of halogens is 1. The quantitative estimate of drug-likeness (QED) is 0.624. The first-order valence-corrected chi connectivity index (χ1v) is 6.30. The molecule has 1 aromatic carbocycles. The maximum absolute atomic E-state index is 6.13. The van der Waals surface area contributed by atoms with E-state index in [1.165, 1.54) is 24.8 Å². The van der Waals surface area contributed by atoms with Crippen LogP contribution in [0, 0.1) is 12.8 Å². The molecule has 1 aliphatic carbocycles. The van der Waals surface area contributed by atoms with Gasteiger partial charge < -0.3 is 0 Å². The summed E-state index contributed by atoms with van der Waals surface area (Å²) < 4.78 is 0. The fourth-order valence-corrected chi connectivity index (χ4v) is 2.38. The Morgan fingerprint density at radius 1 is 1.50 bits per heavy atom. The lowest BCUT2D eigenvalue weighted by molar-refractivity contribution is 0.262. The van der Waals surface area contributed by atoms with Crippen molar-refractivity contribution in [1.29, 1.82) is 0 Å². The van der Waals surface area contributed by atoms with Gasteiger partial charge in [-0.3, -0.25) is 11.3 Å². The average Bonchev–Trinajstić information content (AvgIpc) is 2.21. The second-order valence-electron chi connectivity index (χ2n) is 4.76. The molecule has 2 nitrogen and oxygen atoms in total. The van der Waals surface area contributed by atoms with Crippen molar-refractivity contribution in [2.24, 2.45) is 11.8 Å². The van der Waals surface area contributed by atoms with Crippen molar-refractivity contribution < 1.29 is 0 Å². The predicted octanol–water partition coefficient (Wildman–Crippen LogP) is 3.34. The summed E-state index contributed by atoms with van der Waals surface area (Å²) in [4.78, 5) is 0. The third-order valence-corrected chi connectivity index (χ3v) is 4.00. The molecule has 16 heavy (non-hydrogen) atoms. The minimum absolute atomic E-state index is 0.239. The van der Waals surface area contributed by atoms with E-state index in [1.54, 1.807) is 0 Å². The number of hydrazine groups is 1. The van der Waals surface area contributed by atoms with Crippen LogP contribution in [-0.4, -0.2) is 0 Å². The van der Waals surface area contributed by atoms with Gasteiger partial charge in [0.25, 0.3) is 0 Å². The maximum Gasteiger partial charge on any atom is 0.0463 e. The molecule has 0 aliphatic heterocycles. The number of rotatable bonds is 4. The van der Waals surface area contributed by atoms with E-state index in [2.05, 4.69) is 17.6 Å². The van der Waals surface area contributed by atoms with Crippen LogP contribution in [0.3, 0.4) is 0 Å². The van der Waals surface area contributed by atoms with Crippen LogP contribution in [0.1, 0.15) is 42.9 Å². The van der Waals surface area contributed by atoms with Gasteiger partial charge in [0.05, 0.1) is 0 Å². The van der Waals surface area contributed by atoms with Crippen molar-refractivity contribution in [1.82, 2.24) is 5.43 Å². The van der Waals surface area contributed by atoms with Crippen LogP contribution in [0.4, 0.5) is 0 Å². The van der Waals surface area contributed by atoms with Crippen LogP contribution in [-0.2, 0) is 0 Å². The third kappa shape index (κ3) is 2.57. The van der Waals surface area contributed by atoms with E-state index in [0.29, 0.717) is 0 Å². The van der Waals surface area contributed by atoms with Crippen molar-refractivity contribution in [3.05, 3.63) is 34.3 Å². The monoisotopic (exact) mass is 238 g/mol. The first-order chi connectivity index (χ1) is 7.70. The summed E-state index contributed by atoms with van der Waals surface area (Å²) in [6.45, 7) is 2.02. The molecule has 1 unspecified atom stereocenters. The van der Waals surface area contributed by atoms with Crippen molar-refractivity contribution in [2.45, 2.75) is 38.6 Å². The van der Waals surface area contributed by atoms with Gasteiger partial charge in [-0.05, 0) is 36.5 Å². The zero-order valence-electron chi connectivity index (χ0n) is 9.67. The summed E-state index contributed by atoms with van der Waals surface area (Å²) in [5, 5.41) is 0.825. The Kier molecular flexibility index (Phi) is 3.85. The van der Waals surface area contributed by atoms with Crippen molar-refractivity contribution in [3.63, 3.8) is 0 Å². The molecule has 1 atom stereocenters. The highest BCUT2D eigenvalue weighted by Gasteiger charge is 2.22. The summed E-state index contributed by atoms with van der Waals surface area (Å²) in [6, 6.07) is 6.44. The van der Waals surface area contributed by atoms with E-state index >= 15 is 0 Å². The number of hydrogen-bond acceptors (Lipinski definition) is 2. The van der Waals surface area contributed by atoms with Crippen LogP contribution in [0.25, 0.3) is 0 Å². The molecule has 0 bridgehead atoms. The number of nitrogens with one attached hydrogen (secondary N) is 1. The Morgan fingerprint density at radius 3 is 2.75 bits per heavy atom. The minimum atomic E-state index is 0.239. The molecule has 88 valence electrons. The van der Waals surface area contributed by atoms with Crippen LogP contribution in [0.2, 0.25) is 5.02 Å². The van der Waals surface area contributed by atoms with Crippen molar-refractivity contribution in [3.8, 4) is 0 Å². The SMILES string of the molecule is Cc1ccc(C(CC2CCC2)NN)cc1Cl. The fourth-order valence-electron chi connectivity index (χ4n) is 2.19. The zero-order chi connectivity index (χ0) is 11.5. The van der Waals surface area contributed by atoms with Crippen LogP contribution >= 0.6 is 11.6 Å². The van der Waals surface area contributed by atoms with Gasteiger partial charge in [0.2, 0.25) is 0 Å². The number of hydrogen-bond donors (Lipinski definition) is 2. The molecule has 0 saturated heterocycles. The molecular weight excluding hydrogens is 220 g/mol. The average molecular weight is 239 g/mol. The van der Waals surface area contributed by atoms with E-state index in [-0.39, 0.29) is 6.04 Å². The van der Waals surface area contributed by atoms with E-state index in [0.717, 1.165) is 22.9 Å². The number of benzene rings is 1. The molecule has 1 aromatic rings. The van der Waals surface area contributed by atoms with Gasteiger partial charge in [0, 0.05) is 11.1 Å². The minimum Gasteiger partial charge on any atom is -0.271 e. The summed E-state index contributed by atoms with van der Waals surface area (Å²) in [7, 11) is 0. The van der Waals surface area contributed by atoms with Gasteiger partial charge in [-0.2, -0.15) is 0 Å². The second-order valence-corrected chi connectivity index (χ2v) is 5.17. The molecule has 0 radical (unpaired) electrons. The Labute approximate surface area is 102 Å².